The molecule has 0 atom stereocenters. The molecular weight excluding hydrogens is 312 g/mol. The highest BCUT2D eigenvalue weighted by molar-refractivity contribution is 9.10. The standard InChI is InChI=1S/C13H7BrN2O3/c14-8-1-2-12(11(5-8)13(17)18)19-10-3-4-16-9(6-10)7-15/h1-6H,(H,17,18). The molecule has 1 aromatic carbocycles. The van der Waals surface area contributed by atoms with Crippen molar-refractivity contribution in [2.24, 2.45) is 0 Å². The molecule has 2 rings (SSSR count). The van der Waals surface area contributed by atoms with Crippen LogP contribution < -0.4 is 4.74 Å². The van der Waals surface area contributed by atoms with Gasteiger partial charge in [0.1, 0.15) is 28.8 Å². The maximum absolute atomic E-state index is 11.1. The van der Waals surface area contributed by atoms with E-state index in [0.29, 0.717) is 10.2 Å². The number of halogens is 1. The van der Waals surface area contributed by atoms with Crippen molar-refractivity contribution >= 4 is 21.9 Å². The Bertz CT molecular complexity index is 680. The lowest BCUT2D eigenvalue weighted by Gasteiger charge is -2.09. The number of hydrogen-bond donors (Lipinski definition) is 1. The number of pyridine rings is 1. The second-order valence-corrected chi connectivity index (χ2v) is 4.45. The van der Waals surface area contributed by atoms with Gasteiger partial charge in [-0.05, 0) is 24.3 Å². The largest absolute Gasteiger partial charge is 0.478 e. The van der Waals surface area contributed by atoms with Crippen LogP contribution in [0.1, 0.15) is 16.1 Å². The zero-order valence-electron chi connectivity index (χ0n) is 9.50. The van der Waals surface area contributed by atoms with Gasteiger partial charge in [-0.3, -0.25) is 0 Å². The molecule has 1 N–H and O–H groups in total. The second kappa shape index (κ2) is 5.50. The Morgan fingerprint density at radius 3 is 2.84 bits per heavy atom. The Morgan fingerprint density at radius 1 is 1.37 bits per heavy atom. The predicted octanol–water partition coefficient (Wildman–Crippen LogP) is 3.21. The third-order valence-corrected chi connectivity index (χ3v) is 2.74. The zero-order chi connectivity index (χ0) is 13.8. The minimum Gasteiger partial charge on any atom is -0.478 e. The Labute approximate surface area is 117 Å². The number of nitriles is 1. The van der Waals surface area contributed by atoms with E-state index in [1.165, 1.54) is 18.3 Å². The number of carbonyl (C=O) groups is 1. The number of nitrogens with zero attached hydrogens (tertiary/aromatic N) is 2. The molecule has 0 aliphatic carbocycles. The normalized spacial score (nSPS) is 9.68. The van der Waals surface area contributed by atoms with Gasteiger partial charge in [0.05, 0.1) is 0 Å². The summed E-state index contributed by atoms with van der Waals surface area (Å²) < 4.78 is 6.12. The van der Waals surface area contributed by atoms with Crippen molar-refractivity contribution in [3.05, 3.63) is 52.3 Å². The summed E-state index contributed by atoms with van der Waals surface area (Å²) in [6.07, 6.45) is 1.42. The first-order valence-electron chi connectivity index (χ1n) is 5.17. The highest BCUT2D eigenvalue weighted by Gasteiger charge is 2.12. The van der Waals surface area contributed by atoms with E-state index in [4.69, 9.17) is 15.1 Å². The summed E-state index contributed by atoms with van der Waals surface area (Å²) in [6.45, 7) is 0. The monoisotopic (exact) mass is 318 g/mol. The molecule has 6 heteroatoms. The first-order chi connectivity index (χ1) is 9.10. The van der Waals surface area contributed by atoms with Gasteiger partial charge in [0.2, 0.25) is 0 Å². The molecule has 19 heavy (non-hydrogen) atoms. The van der Waals surface area contributed by atoms with Crippen LogP contribution in [0.2, 0.25) is 0 Å². The summed E-state index contributed by atoms with van der Waals surface area (Å²) in [5.41, 5.74) is 0.233. The number of benzene rings is 1. The van der Waals surface area contributed by atoms with Crippen LogP contribution in [0.4, 0.5) is 0 Å². The number of aromatic carboxylic acids is 1. The maximum Gasteiger partial charge on any atom is 0.339 e. The highest BCUT2D eigenvalue weighted by atomic mass is 79.9. The van der Waals surface area contributed by atoms with Gasteiger partial charge in [-0.1, -0.05) is 15.9 Å². The number of carboxylic acid groups (broad SMARTS) is 1. The van der Waals surface area contributed by atoms with E-state index >= 15 is 0 Å². The lowest BCUT2D eigenvalue weighted by Crippen LogP contribution is -2.00. The predicted molar refractivity (Wildman–Crippen MR) is 70.1 cm³/mol. The molecule has 0 bridgehead atoms. The molecule has 1 aromatic heterocycles. The molecule has 0 fully saturated rings. The number of ether oxygens (including phenoxy) is 1. The van der Waals surface area contributed by atoms with Gasteiger partial charge in [0.25, 0.3) is 0 Å². The molecule has 0 spiro atoms. The fraction of sp³-hybridized carbons (Fsp3) is 0. The van der Waals surface area contributed by atoms with Crippen LogP contribution >= 0.6 is 15.9 Å². The minimum atomic E-state index is -1.09. The highest BCUT2D eigenvalue weighted by Crippen LogP contribution is 2.28. The smallest absolute Gasteiger partial charge is 0.339 e. The van der Waals surface area contributed by atoms with Crippen molar-refractivity contribution in [2.75, 3.05) is 0 Å². The van der Waals surface area contributed by atoms with E-state index in [2.05, 4.69) is 20.9 Å². The number of rotatable bonds is 3. The molecule has 0 radical (unpaired) electrons. The van der Waals surface area contributed by atoms with Crippen molar-refractivity contribution in [3.63, 3.8) is 0 Å². The lowest BCUT2D eigenvalue weighted by atomic mass is 10.2. The molecule has 94 valence electrons. The van der Waals surface area contributed by atoms with Gasteiger partial charge < -0.3 is 9.84 Å². The third-order valence-electron chi connectivity index (χ3n) is 2.25. The van der Waals surface area contributed by atoms with Crippen LogP contribution in [0.3, 0.4) is 0 Å². The summed E-state index contributed by atoms with van der Waals surface area (Å²) in [4.78, 5) is 14.9. The molecule has 2 aromatic rings. The first-order valence-corrected chi connectivity index (χ1v) is 5.96. The van der Waals surface area contributed by atoms with E-state index in [9.17, 15) is 4.79 Å². The minimum absolute atomic E-state index is 0.0321. The quantitative estimate of drug-likeness (QED) is 0.939. The van der Waals surface area contributed by atoms with Crippen molar-refractivity contribution in [2.45, 2.75) is 0 Å². The summed E-state index contributed by atoms with van der Waals surface area (Å²) in [5, 5.41) is 17.8. The topological polar surface area (TPSA) is 83.2 Å². The van der Waals surface area contributed by atoms with Crippen LogP contribution in [0.5, 0.6) is 11.5 Å². The second-order valence-electron chi connectivity index (χ2n) is 3.54. The fourth-order valence-electron chi connectivity index (χ4n) is 1.42. The van der Waals surface area contributed by atoms with E-state index in [0.717, 1.165) is 0 Å². The molecule has 1 heterocycles. The van der Waals surface area contributed by atoms with E-state index in [1.807, 2.05) is 6.07 Å². The summed E-state index contributed by atoms with van der Waals surface area (Å²) in [7, 11) is 0. The number of carboxylic acids is 1. The average Bonchev–Trinajstić information content (AvgIpc) is 2.41. The zero-order valence-corrected chi connectivity index (χ0v) is 11.1. The van der Waals surface area contributed by atoms with Gasteiger partial charge in [0.15, 0.2) is 0 Å². The molecule has 0 aliphatic rings. The van der Waals surface area contributed by atoms with Crippen LogP contribution in [0.25, 0.3) is 0 Å². The Kier molecular flexibility index (Phi) is 3.78. The third kappa shape index (κ3) is 3.09. The molecule has 0 saturated carbocycles. The fourth-order valence-corrected chi connectivity index (χ4v) is 1.78. The first kappa shape index (κ1) is 13.1. The molecule has 0 saturated heterocycles. The molecule has 0 unspecified atom stereocenters. The Balaban J connectivity index is 2.38. The molecule has 5 nitrogen and oxygen atoms in total. The summed E-state index contributed by atoms with van der Waals surface area (Å²) in [5.74, 6) is -0.534. The van der Waals surface area contributed by atoms with Crippen LogP contribution in [0.15, 0.2) is 41.0 Å². The number of hydrogen-bond acceptors (Lipinski definition) is 4. The van der Waals surface area contributed by atoms with Crippen molar-refractivity contribution in [1.82, 2.24) is 4.98 Å². The molecular formula is C13H7BrN2O3. The van der Waals surface area contributed by atoms with Crippen molar-refractivity contribution in [1.29, 1.82) is 5.26 Å². The van der Waals surface area contributed by atoms with Crippen LogP contribution in [-0.2, 0) is 0 Å². The lowest BCUT2D eigenvalue weighted by molar-refractivity contribution is 0.0694. The molecule has 0 amide bonds. The van der Waals surface area contributed by atoms with Crippen molar-refractivity contribution < 1.29 is 14.6 Å². The molecule has 0 aliphatic heterocycles. The van der Waals surface area contributed by atoms with Crippen LogP contribution in [-0.4, -0.2) is 16.1 Å². The van der Waals surface area contributed by atoms with Crippen molar-refractivity contribution in [3.8, 4) is 17.6 Å². The van der Waals surface area contributed by atoms with Gasteiger partial charge in [0, 0.05) is 16.7 Å². The Hall–Kier alpha value is -2.39. The van der Waals surface area contributed by atoms with Gasteiger partial charge in [-0.15, -0.1) is 0 Å². The van der Waals surface area contributed by atoms with Gasteiger partial charge in [-0.25, -0.2) is 9.78 Å². The van der Waals surface area contributed by atoms with E-state index in [-0.39, 0.29) is 17.0 Å². The summed E-state index contributed by atoms with van der Waals surface area (Å²) in [6, 6.07) is 9.54. The number of aromatic nitrogens is 1. The average molecular weight is 319 g/mol. The van der Waals surface area contributed by atoms with Crippen LogP contribution in [0, 0.1) is 11.3 Å². The van der Waals surface area contributed by atoms with E-state index < -0.39 is 5.97 Å². The summed E-state index contributed by atoms with van der Waals surface area (Å²) >= 11 is 3.20. The Morgan fingerprint density at radius 2 is 2.16 bits per heavy atom. The van der Waals surface area contributed by atoms with Gasteiger partial charge >= 0.3 is 5.97 Å². The maximum atomic E-state index is 11.1. The van der Waals surface area contributed by atoms with Gasteiger partial charge in [-0.2, -0.15) is 5.26 Å². The SMILES string of the molecule is N#Cc1cc(Oc2ccc(Br)cc2C(=O)O)ccn1. The van der Waals surface area contributed by atoms with E-state index in [1.54, 1.807) is 18.2 Å².